The molecular weight excluding hydrogens is 889 g/mol. The number of nitrogens with two attached hydrogens (primary N) is 1. The molecule has 0 spiro atoms. The van der Waals surface area contributed by atoms with E-state index in [-0.39, 0.29) is 89.2 Å². The summed E-state index contributed by atoms with van der Waals surface area (Å²) in [6, 6.07) is -1.51. The second-order valence-electron chi connectivity index (χ2n) is 19.8. The van der Waals surface area contributed by atoms with Gasteiger partial charge in [0.15, 0.2) is 0 Å². The number of aryl methyl sites for hydroxylation is 1. The van der Waals surface area contributed by atoms with Crippen molar-refractivity contribution in [3.63, 3.8) is 0 Å². The summed E-state index contributed by atoms with van der Waals surface area (Å²) in [4.78, 5) is 100. The summed E-state index contributed by atoms with van der Waals surface area (Å²) in [5.41, 5.74) is 6.54. The lowest BCUT2D eigenvalue weighted by atomic mass is 9.91. The number of nitrogens with one attached hydrogen (secondary N) is 5. The Bertz CT molecular complexity index is 1840. The molecule has 0 unspecified atom stereocenters. The highest BCUT2D eigenvalue weighted by Gasteiger charge is 2.45. The van der Waals surface area contributed by atoms with E-state index in [1.807, 2.05) is 0 Å². The minimum absolute atomic E-state index is 0.00553. The molecule has 0 radical (unpaired) electrons. The summed E-state index contributed by atoms with van der Waals surface area (Å²) in [7, 11) is 0. The smallest absolute Gasteiger partial charge is 0.248 e. The number of phenols is 1. The average molecular weight is 971 g/mol. The Kier molecular flexibility index (Phi) is 23.6. The molecule has 7 amide bonds. The summed E-state index contributed by atoms with van der Waals surface area (Å²) in [5.74, 6) is -3.34. The second kappa shape index (κ2) is 28.7. The number of benzene rings is 1. The summed E-state index contributed by atoms with van der Waals surface area (Å²) in [5, 5.41) is 55.9. The van der Waals surface area contributed by atoms with Crippen molar-refractivity contribution in [1.82, 2.24) is 36.4 Å². The number of aliphatic hydroxyl groups excluding tert-OH is 3. The van der Waals surface area contributed by atoms with Gasteiger partial charge in [-0.25, -0.2) is 0 Å². The molecular formula is C50H82N8O11. The molecule has 1 aromatic rings. The van der Waals surface area contributed by atoms with Gasteiger partial charge in [-0.1, -0.05) is 77.8 Å². The van der Waals surface area contributed by atoms with Gasteiger partial charge in [-0.15, -0.1) is 0 Å². The second-order valence-corrected chi connectivity index (χ2v) is 19.8. The summed E-state index contributed by atoms with van der Waals surface area (Å²) in [6.07, 6.45) is 6.36. The van der Waals surface area contributed by atoms with Crippen molar-refractivity contribution in [2.75, 3.05) is 26.2 Å². The van der Waals surface area contributed by atoms with E-state index in [2.05, 4.69) is 47.4 Å². The van der Waals surface area contributed by atoms with Gasteiger partial charge in [0.05, 0.1) is 18.3 Å². The Hall–Kier alpha value is -4.85. The highest BCUT2D eigenvalue weighted by atomic mass is 16.3. The number of aliphatic hydroxyl groups is 3. The lowest BCUT2D eigenvalue weighted by Gasteiger charge is -2.32. The summed E-state index contributed by atoms with van der Waals surface area (Å²) in [6.45, 7) is 7.80. The minimum atomic E-state index is -1.60. The molecule has 3 heterocycles. The van der Waals surface area contributed by atoms with Crippen LogP contribution in [-0.4, -0.2) is 152 Å². The Balaban J connectivity index is 1.56. The monoisotopic (exact) mass is 971 g/mol. The van der Waals surface area contributed by atoms with E-state index in [1.54, 1.807) is 12.1 Å². The number of hydrogen-bond donors (Lipinski definition) is 10. The number of rotatable bonds is 20. The zero-order valence-corrected chi connectivity index (χ0v) is 41.3. The molecule has 3 aliphatic rings. The van der Waals surface area contributed by atoms with Crippen LogP contribution in [0.1, 0.15) is 142 Å². The third-order valence-electron chi connectivity index (χ3n) is 13.9. The molecule has 11 N–H and O–H groups in total. The molecule has 4 rings (SSSR count). The number of nitrogens with zero attached hydrogens (tertiary/aromatic N) is 2. The van der Waals surface area contributed by atoms with E-state index >= 15 is 0 Å². The van der Waals surface area contributed by atoms with Gasteiger partial charge in [-0.3, -0.25) is 33.6 Å². The first-order chi connectivity index (χ1) is 32.9. The van der Waals surface area contributed by atoms with Crippen molar-refractivity contribution in [2.24, 2.45) is 17.6 Å². The van der Waals surface area contributed by atoms with Crippen LogP contribution in [0, 0.1) is 11.8 Å². The average Bonchev–Trinajstić information content (AvgIpc) is 3.91. The van der Waals surface area contributed by atoms with Gasteiger partial charge in [-0.2, -0.15) is 0 Å². The maximum Gasteiger partial charge on any atom is 0.248 e. The summed E-state index contributed by atoms with van der Waals surface area (Å²) >= 11 is 0. The van der Waals surface area contributed by atoms with E-state index in [9.17, 15) is 54.0 Å². The zero-order chi connectivity index (χ0) is 50.6. The minimum Gasteiger partial charge on any atom is -0.508 e. The molecule has 388 valence electrons. The SMILES string of the molecule is CC[C@H](C)C[C@H](C)CCCCCCCCC(=O)N[C@H]1CCCNC(=O)[C@@H]2C[C@@H](O)CN2C(=O)[C@H](CCCN)NC(=O)[C@H](CCc2ccc(O)cc2)NC(=O)[C@@H]2C[C@@H](O)CN2C(=O)[C@H]([C@@H](C)O)NC1=O. The Morgan fingerprint density at radius 2 is 1.36 bits per heavy atom. The van der Waals surface area contributed by atoms with Crippen LogP contribution >= 0.6 is 0 Å². The van der Waals surface area contributed by atoms with Crippen molar-refractivity contribution in [2.45, 2.75) is 198 Å². The van der Waals surface area contributed by atoms with E-state index in [1.165, 1.54) is 49.6 Å². The standard InChI is InChI=1S/C50H82N8O11/c1-5-31(2)26-32(3)14-10-8-6-7-9-11-17-43(63)53-38-16-13-25-52-47(66)41-27-36(61)29-57(41)49(68)40(15-12-24-51)55-45(64)39(23-20-34-18-21-35(60)22-19-34)54-48(67)42-28-37(62)30-58(42)50(69)44(33(4)59)56-46(38)65/h18-19,21-22,31-33,36-42,44,59-62H,5-17,20,23-30,51H2,1-4H3,(H,52,66)(H,53,63)(H,54,67)(H,55,64)(H,56,65)/t31-,32+,33+,36+,37+,38-,39-,40-,41-,42-,44-/m0/s1. The lowest BCUT2D eigenvalue weighted by molar-refractivity contribution is -0.145. The molecule has 1 aromatic carbocycles. The Morgan fingerprint density at radius 3 is 2.00 bits per heavy atom. The number of aromatic hydroxyl groups is 1. The Labute approximate surface area is 407 Å². The van der Waals surface area contributed by atoms with Gasteiger partial charge in [0.25, 0.3) is 0 Å². The van der Waals surface area contributed by atoms with Crippen molar-refractivity contribution in [3.8, 4) is 5.75 Å². The largest absolute Gasteiger partial charge is 0.508 e. The Morgan fingerprint density at radius 1 is 0.754 bits per heavy atom. The number of unbranched alkanes of at least 4 members (excludes halogenated alkanes) is 5. The number of carbonyl (C=O) groups excluding carboxylic acids is 7. The topological polar surface area (TPSA) is 293 Å². The number of amides is 7. The molecule has 19 nitrogen and oxygen atoms in total. The first-order valence-corrected chi connectivity index (χ1v) is 25.5. The lowest BCUT2D eigenvalue weighted by Crippen LogP contribution is -2.61. The molecule has 11 atom stereocenters. The van der Waals surface area contributed by atoms with Crippen LogP contribution < -0.4 is 32.3 Å². The molecule has 3 saturated heterocycles. The van der Waals surface area contributed by atoms with E-state index in [4.69, 9.17) is 5.73 Å². The fourth-order valence-corrected chi connectivity index (χ4v) is 9.62. The van der Waals surface area contributed by atoms with Gasteiger partial charge in [0, 0.05) is 38.9 Å². The van der Waals surface area contributed by atoms with Crippen LogP contribution in [0.25, 0.3) is 0 Å². The van der Waals surface area contributed by atoms with Gasteiger partial charge in [-0.05, 0) is 94.4 Å². The van der Waals surface area contributed by atoms with Crippen molar-refractivity contribution < 1.29 is 54.0 Å². The van der Waals surface area contributed by atoms with Gasteiger partial charge in [0.2, 0.25) is 41.4 Å². The van der Waals surface area contributed by atoms with Gasteiger partial charge < -0.3 is 62.5 Å². The predicted molar refractivity (Wildman–Crippen MR) is 259 cm³/mol. The number of carbonyl (C=O) groups is 7. The van der Waals surface area contributed by atoms with E-state index in [0.29, 0.717) is 24.3 Å². The maximum absolute atomic E-state index is 14.3. The first-order valence-electron chi connectivity index (χ1n) is 25.5. The highest BCUT2D eigenvalue weighted by molar-refractivity contribution is 5.97. The predicted octanol–water partition coefficient (Wildman–Crippen LogP) is 1.41. The molecule has 3 aliphatic heterocycles. The highest BCUT2D eigenvalue weighted by Crippen LogP contribution is 2.24. The van der Waals surface area contributed by atoms with Crippen molar-refractivity contribution in [1.29, 1.82) is 0 Å². The summed E-state index contributed by atoms with van der Waals surface area (Å²) < 4.78 is 0. The first kappa shape index (κ1) is 56.7. The molecule has 0 saturated carbocycles. The quantitative estimate of drug-likeness (QED) is 0.0831. The van der Waals surface area contributed by atoms with Crippen LogP contribution in [0.4, 0.5) is 0 Å². The molecule has 3 fully saturated rings. The normalized spacial score (nSPS) is 27.0. The zero-order valence-electron chi connectivity index (χ0n) is 41.3. The van der Waals surface area contributed by atoms with Crippen LogP contribution in [0.15, 0.2) is 24.3 Å². The maximum atomic E-state index is 14.3. The molecule has 0 aromatic heterocycles. The molecule has 0 aliphatic carbocycles. The van der Waals surface area contributed by atoms with Crippen molar-refractivity contribution >= 4 is 41.4 Å². The fourth-order valence-electron chi connectivity index (χ4n) is 9.62. The molecule has 69 heavy (non-hydrogen) atoms. The fraction of sp³-hybridized carbons (Fsp3) is 0.740. The van der Waals surface area contributed by atoms with E-state index < -0.39 is 90.0 Å². The van der Waals surface area contributed by atoms with Crippen LogP contribution in [0.2, 0.25) is 0 Å². The third-order valence-corrected chi connectivity index (χ3v) is 13.9. The van der Waals surface area contributed by atoms with Crippen LogP contribution in [0.5, 0.6) is 5.75 Å². The van der Waals surface area contributed by atoms with Gasteiger partial charge in [0.1, 0.15) is 42.0 Å². The molecule has 19 heteroatoms. The number of hydrogen-bond acceptors (Lipinski definition) is 12. The van der Waals surface area contributed by atoms with Crippen LogP contribution in [-0.2, 0) is 40.0 Å². The van der Waals surface area contributed by atoms with Gasteiger partial charge >= 0.3 is 0 Å². The van der Waals surface area contributed by atoms with Crippen LogP contribution in [0.3, 0.4) is 0 Å². The number of fused-ring (bicyclic) bond motifs is 2. The van der Waals surface area contributed by atoms with E-state index in [0.717, 1.165) is 36.5 Å². The molecule has 0 bridgehead atoms. The third kappa shape index (κ3) is 18.1. The van der Waals surface area contributed by atoms with Crippen molar-refractivity contribution in [3.05, 3.63) is 29.8 Å². The number of phenolic OH excluding ortho intramolecular Hbond substituents is 1.